The fourth-order valence-corrected chi connectivity index (χ4v) is 2.11. The summed E-state index contributed by atoms with van der Waals surface area (Å²) in [6.45, 7) is 0. The minimum atomic E-state index is -2.71. The van der Waals surface area contributed by atoms with Gasteiger partial charge >= 0.3 is 0 Å². The number of carbonyl (C=O) groups excluding carboxylic acids is 1. The van der Waals surface area contributed by atoms with E-state index in [0.29, 0.717) is 0 Å². The van der Waals surface area contributed by atoms with E-state index in [1.165, 1.54) is 23.9 Å². The third-order valence-electron chi connectivity index (χ3n) is 3.11. The van der Waals surface area contributed by atoms with Gasteiger partial charge in [0.25, 0.3) is 11.5 Å². The number of hydrogen-bond acceptors (Lipinski definition) is 2. The van der Waals surface area contributed by atoms with E-state index in [9.17, 15) is 18.4 Å². The summed E-state index contributed by atoms with van der Waals surface area (Å²) in [4.78, 5) is 23.5. The molecule has 18 heavy (non-hydrogen) atoms. The first-order valence-electron chi connectivity index (χ1n) is 5.73. The van der Waals surface area contributed by atoms with Crippen LogP contribution >= 0.6 is 0 Å². The second kappa shape index (κ2) is 4.51. The molecule has 1 aliphatic rings. The van der Waals surface area contributed by atoms with Gasteiger partial charge in [0.15, 0.2) is 0 Å². The molecule has 1 aliphatic carbocycles. The molecule has 0 aliphatic heterocycles. The lowest BCUT2D eigenvalue weighted by molar-refractivity contribution is 0.00711. The standard InChI is InChI=1S/C12H14F2N2O2/c1-16-6-2-3-9(11(16)18)10(17)15-8-4-5-12(13,14)7-8/h2-3,6,8H,4-5,7H2,1H3,(H,15,17). The Morgan fingerprint density at radius 3 is 2.89 bits per heavy atom. The summed E-state index contributed by atoms with van der Waals surface area (Å²) in [7, 11) is 1.53. The molecule has 1 aromatic rings. The Morgan fingerprint density at radius 2 is 2.28 bits per heavy atom. The number of aromatic nitrogens is 1. The number of carbonyl (C=O) groups is 1. The zero-order chi connectivity index (χ0) is 13.3. The highest BCUT2D eigenvalue weighted by Crippen LogP contribution is 2.34. The molecule has 1 fully saturated rings. The maximum Gasteiger partial charge on any atom is 0.263 e. The normalized spacial score (nSPS) is 21.8. The van der Waals surface area contributed by atoms with Gasteiger partial charge in [-0.1, -0.05) is 0 Å². The van der Waals surface area contributed by atoms with Crippen LogP contribution in [-0.4, -0.2) is 22.4 Å². The van der Waals surface area contributed by atoms with Crippen LogP contribution in [-0.2, 0) is 7.05 Å². The molecule has 1 N–H and O–H groups in total. The topological polar surface area (TPSA) is 51.1 Å². The smallest absolute Gasteiger partial charge is 0.263 e. The number of hydrogen-bond donors (Lipinski definition) is 1. The molecule has 0 bridgehead atoms. The molecule has 6 heteroatoms. The zero-order valence-electron chi connectivity index (χ0n) is 9.95. The number of nitrogens with one attached hydrogen (secondary N) is 1. The maximum absolute atomic E-state index is 13.0. The van der Waals surface area contributed by atoms with E-state index in [-0.39, 0.29) is 24.8 Å². The molecule has 1 unspecified atom stereocenters. The monoisotopic (exact) mass is 256 g/mol. The minimum Gasteiger partial charge on any atom is -0.349 e. The molecule has 1 saturated carbocycles. The van der Waals surface area contributed by atoms with Gasteiger partial charge in [-0.2, -0.15) is 0 Å². The van der Waals surface area contributed by atoms with Gasteiger partial charge in [-0.15, -0.1) is 0 Å². The Hall–Kier alpha value is -1.72. The molecular formula is C12H14F2N2O2. The Balaban J connectivity index is 2.09. The van der Waals surface area contributed by atoms with Crippen LogP contribution in [0.2, 0.25) is 0 Å². The molecule has 1 aromatic heterocycles. The van der Waals surface area contributed by atoms with E-state index >= 15 is 0 Å². The highest BCUT2D eigenvalue weighted by atomic mass is 19.3. The number of nitrogens with zero attached hydrogens (tertiary/aromatic N) is 1. The van der Waals surface area contributed by atoms with Crippen LogP contribution in [0.3, 0.4) is 0 Å². The van der Waals surface area contributed by atoms with Gasteiger partial charge in [-0.3, -0.25) is 9.59 Å². The Labute approximate surface area is 103 Å². The molecule has 0 radical (unpaired) electrons. The van der Waals surface area contributed by atoms with Crippen molar-refractivity contribution in [3.8, 4) is 0 Å². The van der Waals surface area contributed by atoms with Crippen LogP contribution in [0.15, 0.2) is 23.1 Å². The molecule has 0 aromatic carbocycles. The number of aryl methyl sites for hydroxylation is 1. The summed E-state index contributed by atoms with van der Waals surface area (Å²) in [5, 5.41) is 2.49. The molecule has 2 rings (SSSR count). The van der Waals surface area contributed by atoms with Crippen molar-refractivity contribution >= 4 is 5.91 Å². The molecule has 0 saturated heterocycles. The van der Waals surface area contributed by atoms with E-state index in [4.69, 9.17) is 0 Å². The van der Waals surface area contributed by atoms with Crippen molar-refractivity contribution in [2.24, 2.45) is 7.05 Å². The van der Waals surface area contributed by atoms with Crippen LogP contribution in [0.5, 0.6) is 0 Å². The first-order chi connectivity index (χ1) is 8.39. The van der Waals surface area contributed by atoms with Crippen LogP contribution in [0.4, 0.5) is 8.78 Å². The molecule has 1 heterocycles. The van der Waals surface area contributed by atoms with Crippen LogP contribution < -0.4 is 10.9 Å². The van der Waals surface area contributed by atoms with Crippen molar-refractivity contribution in [1.29, 1.82) is 0 Å². The predicted molar refractivity (Wildman–Crippen MR) is 61.7 cm³/mol. The van der Waals surface area contributed by atoms with E-state index < -0.39 is 23.4 Å². The number of pyridine rings is 1. The van der Waals surface area contributed by atoms with Gasteiger partial charge in [-0.05, 0) is 18.6 Å². The van der Waals surface area contributed by atoms with Gasteiger partial charge in [0.2, 0.25) is 5.92 Å². The predicted octanol–water partition coefficient (Wildman–Crippen LogP) is 1.30. The van der Waals surface area contributed by atoms with Crippen molar-refractivity contribution in [1.82, 2.24) is 9.88 Å². The quantitative estimate of drug-likeness (QED) is 0.867. The molecule has 1 amide bonds. The lowest BCUT2D eigenvalue weighted by atomic mass is 10.2. The molecule has 98 valence electrons. The highest BCUT2D eigenvalue weighted by molar-refractivity contribution is 5.94. The summed E-state index contributed by atoms with van der Waals surface area (Å²) >= 11 is 0. The number of amides is 1. The zero-order valence-corrected chi connectivity index (χ0v) is 9.95. The summed E-state index contributed by atoms with van der Waals surface area (Å²) in [5.74, 6) is -3.29. The Morgan fingerprint density at radius 1 is 1.56 bits per heavy atom. The summed E-state index contributed by atoms with van der Waals surface area (Å²) in [5.41, 5.74) is -0.449. The summed E-state index contributed by atoms with van der Waals surface area (Å²) < 4.78 is 27.2. The molecule has 0 spiro atoms. The van der Waals surface area contributed by atoms with Gasteiger partial charge < -0.3 is 9.88 Å². The van der Waals surface area contributed by atoms with Gasteiger partial charge in [0.05, 0.1) is 0 Å². The Kier molecular flexibility index (Phi) is 3.19. The van der Waals surface area contributed by atoms with Gasteiger partial charge in [-0.25, -0.2) is 8.78 Å². The van der Waals surface area contributed by atoms with Crippen molar-refractivity contribution in [3.05, 3.63) is 34.2 Å². The maximum atomic E-state index is 13.0. The van der Waals surface area contributed by atoms with E-state index in [2.05, 4.69) is 5.32 Å². The van der Waals surface area contributed by atoms with E-state index in [1.807, 2.05) is 0 Å². The molecule has 4 nitrogen and oxygen atoms in total. The first kappa shape index (κ1) is 12.7. The Bertz CT molecular complexity index is 525. The lowest BCUT2D eigenvalue weighted by Crippen LogP contribution is -2.37. The van der Waals surface area contributed by atoms with Crippen molar-refractivity contribution in [2.75, 3.05) is 0 Å². The fraction of sp³-hybridized carbons (Fsp3) is 0.500. The minimum absolute atomic E-state index is 0.0183. The van der Waals surface area contributed by atoms with E-state index in [0.717, 1.165) is 0 Å². The van der Waals surface area contributed by atoms with Crippen LogP contribution in [0.25, 0.3) is 0 Å². The molecule has 1 atom stereocenters. The third kappa shape index (κ3) is 2.57. The fourth-order valence-electron chi connectivity index (χ4n) is 2.11. The highest BCUT2D eigenvalue weighted by Gasteiger charge is 2.40. The van der Waals surface area contributed by atoms with Crippen molar-refractivity contribution < 1.29 is 13.6 Å². The average Bonchev–Trinajstić information content (AvgIpc) is 2.62. The van der Waals surface area contributed by atoms with Gasteiger partial charge in [0, 0.05) is 32.1 Å². The van der Waals surface area contributed by atoms with Crippen molar-refractivity contribution in [3.63, 3.8) is 0 Å². The number of halogens is 2. The van der Waals surface area contributed by atoms with Crippen LogP contribution in [0, 0.1) is 0 Å². The number of alkyl halides is 2. The summed E-state index contributed by atoms with van der Waals surface area (Å²) in [6, 6.07) is 2.40. The SMILES string of the molecule is Cn1cccc(C(=O)NC2CCC(F)(F)C2)c1=O. The summed E-state index contributed by atoms with van der Waals surface area (Å²) in [6.07, 6.45) is 1.20. The van der Waals surface area contributed by atoms with Crippen molar-refractivity contribution in [2.45, 2.75) is 31.2 Å². The van der Waals surface area contributed by atoms with Crippen LogP contribution in [0.1, 0.15) is 29.6 Å². The average molecular weight is 256 g/mol. The second-order valence-electron chi connectivity index (χ2n) is 4.61. The third-order valence-corrected chi connectivity index (χ3v) is 3.11. The van der Waals surface area contributed by atoms with Gasteiger partial charge in [0.1, 0.15) is 5.56 Å². The first-order valence-corrected chi connectivity index (χ1v) is 5.73. The number of rotatable bonds is 2. The largest absolute Gasteiger partial charge is 0.349 e. The molecular weight excluding hydrogens is 242 g/mol. The van der Waals surface area contributed by atoms with E-state index in [1.54, 1.807) is 6.07 Å². The lowest BCUT2D eigenvalue weighted by Gasteiger charge is -2.12. The second-order valence-corrected chi connectivity index (χ2v) is 4.61.